The Morgan fingerprint density at radius 1 is 1.25 bits per heavy atom. The van der Waals surface area contributed by atoms with Crippen molar-refractivity contribution >= 4 is 34.5 Å². The van der Waals surface area contributed by atoms with E-state index in [0.717, 1.165) is 50.0 Å². The molecule has 0 bridgehead atoms. The third-order valence-electron chi connectivity index (χ3n) is 6.67. The first kappa shape index (κ1) is 17.9. The lowest BCUT2D eigenvalue weighted by atomic mass is 9.89. The Morgan fingerprint density at radius 3 is 2.86 bits per heavy atom. The number of carbonyl (C=O) groups is 2. The molecule has 1 aliphatic carbocycles. The van der Waals surface area contributed by atoms with Crippen molar-refractivity contribution in [3.63, 3.8) is 0 Å². The second kappa shape index (κ2) is 6.71. The highest BCUT2D eigenvalue weighted by molar-refractivity contribution is 7.10. The van der Waals surface area contributed by atoms with E-state index in [-0.39, 0.29) is 17.9 Å². The molecule has 1 fully saturated rings. The van der Waals surface area contributed by atoms with Crippen LogP contribution in [0.3, 0.4) is 0 Å². The fraction of sp³-hybridized carbons (Fsp3) is 0.455. The van der Waals surface area contributed by atoms with E-state index < -0.39 is 5.54 Å². The predicted octanol–water partition coefficient (Wildman–Crippen LogP) is 3.97. The fourth-order valence-electron chi connectivity index (χ4n) is 5.15. The first-order chi connectivity index (χ1) is 13.6. The summed E-state index contributed by atoms with van der Waals surface area (Å²) in [6.07, 6.45) is 4.44. The van der Waals surface area contributed by atoms with Gasteiger partial charge in [-0.15, -0.1) is 11.3 Å². The molecule has 1 saturated carbocycles. The number of hydrogen-bond donors (Lipinski definition) is 1. The third kappa shape index (κ3) is 2.62. The molecule has 2 aromatic rings. The normalized spacial score (nSPS) is 23.4. The number of amides is 2. The predicted molar refractivity (Wildman–Crippen MR) is 112 cm³/mol. The zero-order chi connectivity index (χ0) is 19.3. The number of anilines is 2. The smallest absolute Gasteiger partial charge is 0.250 e. The van der Waals surface area contributed by atoms with Gasteiger partial charge < -0.3 is 5.32 Å². The summed E-state index contributed by atoms with van der Waals surface area (Å²) >= 11 is 1.81. The quantitative estimate of drug-likeness (QED) is 0.837. The molecule has 3 aliphatic rings. The Kier molecular flexibility index (Phi) is 4.29. The van der Waals surface area contributed by atoms with Gasteiger partial charge >= 0.3 is 0 Å². The number of thiophene rings is 1. The largest absolute Gasteiger partial charge is 0.322 e. The second-order valence-corrected chi connectivity index (χ2v) is 9.14. The standard InChI is InChI=1S/C22H25N3O2S/c1-15-16-9-13-28-19(16)8-12-24(15)14-20(26)25-18-7-3-2-6-17(18)23-21(27)22(25)10-4-5-11-22/h2-3,6-7,9,13,15H,4-5,8,10-12,14H2,1H3,(H,23,27). The number of fused-ring (bicyclic) bond motifs is 2. The van der Waals surface area contributed by atoms with E-state index in [1.807, 2.05) is 40.5 Å². The SMILES string of the molecule is CC1c2ccsc2CCN1CC(=O)N1c2ccccc2NC(=O)C12CCCC2. The fourth-order valence-corrected chi connectivity index (χ4v) is 6.11. The van der Waals surface area contributed by atoms with Crippen LogP contribution in [0, 0.1) is 0 Å². The average Bonchev–Trinajstić information content (AvgIpc) is 3.36. The van der Waals surface area contributed by atoms with E-state index in [2.05, 4.69) is 28.6 Å². The lowest BCUT2D eigenvalue weighted by Gasteiger charge is -2.45. The molecule has 0 saturated heterocycles. The van der Waals surface area contributed by atoms with Gasteiger partial charge in [-0.3, -0.25) is 19.4 Å². The molecule has 1 aromatic heterocycles. The van der Waals surface area contributed by atoms with Gasteiger partial charge in [-0.2, -0.15) is 0 Å². The molecular formula is C22H25N3O2S. The summed E-state index contributed by atoms with van der Waals surface area (Å²) in [5.41, 5.74) is 2.20. The molecule has 1 atom stereocenters. The first-order valence-electron chi connectivity index (χ1n) is 10.1. The highest BCUT2D eigenvalue weighted by Crippen LogP contribution is 2.45. The second-order valence-electron chi connectivity index (χ2n) is 8.13. The summed E-state index contributed by atoms with van der Waals surface area (Å²) < 4.78 is 0. The van der Waals surface area contributed by atoms with Gasteiger partial charge in [0, 0.05) is 17.5 Å². The van der Waals surface area contributed by atoms with Crippen LogP contribution in [-0.4, -0.2) is 35.3 Å². The first-order valence-corrected chi connectivity index (χ1v) is 11.0. The van der Waals surface area contributed by atoms with Crippen molar-refractivity contribution in [1.82, 2.24) is 4.90 Å². The van der Waals surface area contributed by atoms with Crippen LogP contribution in [0.5, 0.6) is 0 Å². The topological polar surface area (TPSA) is 52.7 Å². The molecule has 1 N–H and O–H groups in total. The molecular weight excluding hydrogens is 370 g/mol. The van der Waals surface area contributed by atoms with Gasteiger partial charge in [0.25, 0.3) is 5.91 Å². The number of para-hydroxylation sites is 2. The Morgan fingerprint density at radius 2 is 2.04 bits per heavy atom. The summed E-state index contributed by atoms with van der Waals surface area (Å²) in [4.78, 5) is 32.2. The number of hydrogen-bond acceptors (Lipinski definition) is 4. The third-order valence-corrected chi connectivity index (χ3v) is 7.66. The molecule has 0 radical (unpaired) electrons. The molecule has 1 unspecified atom stereocenters. The van der Waals surface area contributed by atoms with Crippen molar-refractivity contribution in [2.24, 2.45) is 0 Å². The highest BCUT2D eigenvalue weighted by atomic mass is 32.1. The molecule has 1 spiro atoms. The van der Waals surface area contributed by atoms with Crippen LogP contribution in [0.4, 0.5) is 11.4 Å². The van der Waals surface area contributed by atoms with E-state index in [1.165, 1.54) is 10.4 Å². The lowest BCUT2D eigenvalue weighted by molar-refractivity contribution is -0.128. The summed E-state index contributed by atoms with van der Waals surface area (Å²) in [6, 6.07) is 10.1. The van der Waals surface area contributed by atoms with E-state index in [0.29, 0.717) is 6.54 Å². The summed E-state index contributed by atoms with van der Waals surface area (Å²) in [7, 11) is 0. The molecule has 6 heteroatoms. The Balaban J connectivity index is 1.48. The molecule has 2 aliphatic heterocycles. The van der Waals surface area contributed by atoms with Gasteiger partial charge in [-0.05, 0) is 55.3 Å². The average molecular weight is 396 g/mol. The minimum absolute atomic E-state index is 0.0242. The molecule has 5 rings (SSSR count). The molecule has 1 aromatic carbocycles. The van der Waals surface area contributed by atoms with E-state index in [4.69, 9.17) is 0 Å². The van der Waals surface area contributed by atoms with Crippen molar-refractivity contribution in [3.05, 3.63) is 46.2 Å². The Bertz CT molecular complexity index is 931. The number of carbonyl (C=O) groups excluding carboxylic acids is 2. The Hall–Kier alpha value is -2.18. The van der Waals surface area contributed by atoms with Crippen LogP contribution in [-0.2, 0) is 16.0 Å². The van der Waals surface area contributed by atoms with Gasteiger partial charge in [0.05, 0.1) is 17.9 Å². The van der Waals surface area contributed by atoms with Gasteiger partial charge in [0.2, 0.25) is 5.91 Å². The lowest BCUT2D eigenvalue weighted by Crippen LogP contribution is -2.62. The number of nitrogens with one attached hydrogen (secondary N) is 1. The summed E-state index contributed by atoms with van der Waals surface area (Å²) in [6.45, 7) is 3.41. The molecule has 5 nitrogen and oxygen atoms in total. The molecule has 28 heavy (non-hydrogen) atoms. The van der Waals surface area contributed by atoms with E-state index in [1.54, 1.807) is 0 Å². The van der Waals surface area contributed by atoms with E-state index in [9.17, 15) is 9.59 Å². The van der Waals surface area contributed by atoms with Gasteiger partial charge in [0.15, 0.2) is 0 Å². The van der Waals surface area contributed by atoms with E-state index >= 15 is 0 Å². The minimum Gasteiger partial charge on any atom is -0.322 e. The van der Waals surface area contributed by atoms with Gasteiger partial charge in [-0.25, -0.2) is 0 Å². The maximum absolute atomic E-state index is 13.6. The van der Waals surface area contributed by atoms with Crippen LogP contribution in [0.25, 0.3) is 0 Å². The van der Waals surface area contributed by atoms with Crippen LogP contribution >= 0.6 is 11.3 Å². The number of rotatable bonds is 2. The number of benzene rings is 1. The van der Waals surface area contributed by atoms with Gasteiger partial charge in [0.1, 0.15) is 5.54 Å². The minimum atomic E-state index is -0.724. The molecule has 146 valence electrons. The van der Waals surface area contributed by atoms with Crippen molar-refractivity contribution in [1.29, 1.82) is 0 Å². The summed E-state index contributed by atoms with van der Waals surface area (Å²) in [5, 5.41) is 5.20. The summed E-state index contributed by atoms with van der Waals surface area (Å²) in [5.74, 6) is 0.0126. The van der Waals surface area contributed by atoms with Crippen molar-refractivity contribution in [3.8, 4) is 0 Å². The molecule has 2 amide bonds. The maximum atomic E-state index is 13.6. The highest BCUT2D eigenvalue weighted by Gasteiger charge is 2.52. The maximum Gasteiger partial charge on any atom is 0.250 e. The van der Waals surface area contributed by atoms with Gasteiger partial charge in [-0.1, -0.05) is 25.0 Å². The van der Waals surface area contributed by atoms with Crippen molar-refractivity contribution in [2.45, 2.75) is 50.6 Å². The van der Waals surface area contributed by atoms with Crippen molar-refractivity contribution in [2.75, 3.05) is 23.3 Å². The van der Waals surface area contributed by atoms with Crippen LogP contribution < -0.4 is 10.2 Å². The zero-order valence-electron chi connectivity index (χ0n) is 16.1. The van der Waals surface area contributed by atoms with Crippen LogP contribution in [0.2, 0.25) is 0 Å². The number of nitrogens with zero attached hydrogens (tertiary/aromatic N) is 2. The zero-order valence-corrected chi connectivity index (χ0v) is 16.9. The van der Waals surface area contributed by atoms with Crippen molar-refractivity contribution < 1.29 is 9.59 Å². The molecule has 3 heterocycles. The monoisotopic (exact) mass is 395 g/mol. The van der Waals surface area contributed by atoms with Crippen LogP contribution in [0.15, 0.2) is 35.7 Å². The Labute approximate surface area is 169 Å². The van der Waals surface area contributed by atoms with Crippen LogP contribution in [0.1, 0.15) is 49.1 Å².